The Balaban J connectivity index is 0.00000225. The number of hydrogen-bond donors (Lipinski definition) is 2. The number of hydrogen-bond acceptors (Lipinski definition) is 7. The van der Waals surface area contributed by atoms with Crippen LogP contribution in [0, 0.1) is 0 Å². The molecule has 0 unspecified atom stereocenters. The van der Waals surface area contributed by atoms with Gasteiger partial charge in [0.25, 0.3) is 0 Å². The number of anilines is 1. The van der Waals surface area contributed by atoms with Gasteiger partial charge in [0.2, 0.25) is 5.91 Å². The Morgan fingerprint density at radius 1 is 1.11 bits per heavy atom. The van der Waals surface area contributed by atoms with Crippen molar-refractivity contribution in [3.63, 3.8) is 0 Å². The van der Waals surface area contributed by atoms with Gasteiger partial charge < -0.3 is 16.0 Å². The number of nitrogens with two attached hydrogens (primary N) is 1. The zero-order valence-electron chi connectivity index (χ0n) is 15.2. The molecule has 0 saturated carbocycles. The molecule has 3 heterocycles. The monoisotopic (exact) mass is 423 g/mol. The first-order chi connectivity index (χ1) is 12.9. The van der Waals surface area contributed by atoms with Crippen LogP contribution in [0.4, 0.5) is 5.82 Å². The van der Waals surface area contributed by atoms with E-state index in [-0.39, 0.29) is 23.9 Å². The molecule has 28 heavy (non-hydrogen) atoms. The topological polar surface area (TPSA) is 118 Å². The summed E-state index contributed by atoms with van der Waals surface area (Å²) in [6.45, 7) is 2.39. The molecule has 1 fully saturated rings. The maximum atomic E-state index is 11.8. The number of rotatable bonds is 3. The highest BCUT2D eigenvalue weighted by Crippen LogP contribution is 2.28. The van der Waals surface area contributed by atoms with Crippen molar-refractivity contribution >= 4 is 34.0 Å². The standard InChI is InChI=1S/C18H21N5O3S.ClH/c19-16(24)12-1-3-13(4-2-12)17-21-15-11-20-6-5-14(15)18(22-17)23-7-9-27(25,26)10-8-23;/h1-4,20H,5-11H2,(H2,19,24);1H. The minimum absolute atomic E-state index is 0. The highest BCUT2D eigenvalue weighted by Gasteiger charge is 2.27. The summed E-state index contributed by atoms with van der Waals surface area (Å²) >= 11 is 0. The minimum atomic E-state index is -2.96. The summed E-state index contributed by atoms with van der Waals surface area (Å²) in [4.78, 5) is 22.8. The van der Waals surface area contributed by atoms with Gasteiger partial charge in [0.05, 0.1) is 17.2 Å². The maximum Gasteiger partial charge on any atom is 0.248 e. The summed E-state index contributed by atoms with van der Waals surface area (Å²) in [6, 6.07) is 6.88. The third-order valence-corrected chi connectivity index (χ3v) is 6.60. The molecule has 8 nitrogen and oxygen atoms in total. The summed E-state index contributed by atoms with van der Waals surface area (Å²) in [5.74, 6) is 1.20. The van der Waals surface area contributed by atoms with Gasteiger partial charge in [-0.25, -0.2) is 18.4 Å². The fourth-order valence-corrected chi connectivity index (χ4v) is 4.64. The molecule has 0 bridgehead atoms. The van der Waals surface area contributed by atoms with Crippen molar-refractivity contribution in [2.45, 2.75) is 13.0 Å². The van der Waals surface area contributed by atoms with Crippen LogP contribution in [0.15, 0.2) is 24.3 Å². The van der Waals surface area contributed by atoms with Crippen molar-refractivity contribution in [1.82, 2.24) is 15.3 Å². The molecule has 0 atom stereocenters. The SMILES string of the molecule is Cl.NC(=O)c1ccc(-c2nc3c(c(N4CCS(=O)(=O)CC4)n2)CCNC3)cc1. The summed E-state index contributed by atoms with van der Waals surface area (Å²) in [5, 5.41) is 3.32. The van der Waals surface area contributed by atoms with Crippen molar-refractivity contribution in [2.75, 3.05) is 36.0 Å². The van der Waals surface area contributed by atoms with Crippen LogP contribution >= 0.6 is 12.4 Å². The summed E-state index contributed by atoms with van der Waals surface area (Å²) in [5.41, 5.74) is 8.55. The van der Waals surface area contributed by atoms with Gasteiger partial charge in [-0.3, -0.25) is 4.79 Å². The largest absolute Gasteiger partial charge is 0.366 e. The lowest BCUT2D eigenvalue weighted by Gasteiger charge is -2.31. The molecular formula is C18H22ClN5O3S. The number of nitrogens with zero attached hydrogens (tertiary/aromatic N) is 3. The third-order valence-electron chi connectivity index (χ3n) is 4.99. The van der Waals surface area contributed by atoms with E-state index in [0.29, 0.717) is 31.0 Å². The Hall–Kier alpha value is -2.23. The molecule has 0 aliphatic carbocycles. The third kappa shape index (κ3) is 4.11. The number of carbonyl (C=O) groups excluding carboxylic acids is 1. The van der Waals surface area contributed by atoms with E-state index in [9.17, 15) is 13.2 Å². The Labute approximate surface area is 169 Å². The zero-order valence-corrected chi connectivity index (χ0v) is 16.9. The first-order valence-electron chi connectivity index (χ1n) is 8.89. The summed E-state index contributed by atoms with van der Waals surface area (Å²) in [7, 11) is -2.96. The molecule has 150 valence electrons. The van der Waals surface area contributed by atoms with Crippen LogP contribution in [-0.2, 0) is 22.8 Å². The second-order valence-electron chi connectivity index (χ2n) is 6.80. The Bertz CT molecular complexity index is 981. The van der Waals surface area contributed by atoms with Crippen LogP contribution in [0.3, 0.4) is 0 Å². The molecule has 1 aromatic carbocycles. The number of fused-ring (bicyclic) bond motifs is 1. The number of nitrogens with one attached hydrogen (secondary N) is 1. The molecule has 3 N–H and O–H groups in total. The first-order valence-corrected chi connectivity index (χ1v) is 10.7. The quantitative estimate of drug-likeness (QED) is 0.739. The van der Waals surface area contributed by atoms with Crippen molar-refractivity contribution in [2.24, 2.45) is 5.73 Å². The number of amides is 1. The highest BCUT2D eigenvalue weighted by molar-refractivity contribution is 7.91. The van der Waals surface area contributed by atoms with Crippen LogP contribution in [0.2, 0.25) is 0 Å². The molecule has 2 aliphatic rings. The molecule has 1 aromatic heterocycles. The average molecular weight is 424 g/mol. The molecule has 0 radical (unpaired) electrons. The number of primary amides is 1. The van der Waals surface area contributed by atoms with Crippen molar-refractivity contribution in [1.29, 1.82) is 0 Å². The molecule has 1 saturated heterocycles. The van der Waals surface area contributed by atoms with E-state index in [4.69, 9.17) is 15.7 Å². The number of halogens is 1. The van der Waals surface area contributed by atoms with E-state index < -0.39 is 15.7 Å². The molecule has 10 heteroatoms. The van der Waals surface area contributed by atoms with Crippen LogP contribution in [0.25, 0.3) is 11.4 Å². The van der Waals surface area contributed by atoms with Gasteiger partial charge >= 0.3 is 0 Å². The maximum absolute atomic E-state index is 11.8. The van der Waals surface area contributed by atoms with Gasteiger partial charge in [0.1, 0.15) is 5.82 Å². The average Bonchev–Trinajstić information content (AvgIpc) is 2.67. The molecule has 0 spiro atoms. The Morgan fingerprint density at radius 2 is 1.79 bits per heavy atom. The van der Waals surface area contributed by atoms with E-state index in [1.807, 2.05) is 4.90 Å². The van der Waals surface area contributed by atoms with Crippen molar-refractivity contribution < 1.29 is 13.2 Å². The van der Waals surface area contributed by atoms with Crippen LogP contribution in [0.5, 0.6) is 0 Å². The Morgan fingerprint density at radius 3 is 2.43 bits per heavy atom. The number of aromatic nitrogens is 2. The fraction of sp³-hybridized carbons (Fsp3) is 0.389. The van der Waals surface area contributed by atoms with E-state index >= 15 is 0 Å². The fourth-order valence-electron chi connectivity index (χ4n) is 3.44. The lowest BCUT2D eigenvalue weighted by atomic mass is 10.1. The lowest BCUT2D eigenvalue weighted by molar-refractivity contribution is 0.100. The zero-order chi connectivity index (χ0) is 19.0. The van der Waals surface area contributed by atoms with E-state index in [0.717, 1.165) is 35.6 Å². The minimum Gasteiger partial charge on any atom is -0.366 e. The molecule has 2 aromatic rings. The second kappa shape index (κ2) is 8.02. The first kappa shape index (κ1) is 20.5. The van der Waals surface area contributed by atoms with Gasteiger partial charge in [0, 0.05) is 36.3 Å². The highest BCUT2D eigenvalue weighted by atomic mass is 35.5. The normalized spacial score (nSPS) is 18.1. The molecule has 4 rings (SSSR count). The number of sulfone groups is 1. The van der Waals surface area contributed by atoms with Gasteiger partial charge in [-0.1, -0.05) is 12.1 Å². The van der Waals surface area contributed by atoms with E-state index in [1.54, 1.807) is 24.3 Å². The van der Waals surface area contributed by atoms with Gasteiger partial charge in [0.15, 0.2) is 15.7 Å². The summed E-state index contributed by atoms with van der Waals surface area (Å²) < 4.78 is 23.6. The van der Waals surface area contributed by atoms with Gasteiger partial charge in [-0.15, -0.1) is 12.4 Å². The predicted octanol–water partition coefficient (Wildman–Crippen LogP) is 0.545. The van der Waals surface area contributed by atoms with E-state index in [1.165, 1.54) is 0 Å². The smallest absolute Gasteiger partial charge is 0.248 e. The van der Waals surface area contributed by atoms with Crippen LogP contribution < -0.4 is 16.0 Å². The molecule has 1 amide bonds. The van der Waals surface area contributed by atoms with Crippen molar-refractivity contribution in [3.05, 3.63) is 41.1 Å². The number of benzene rings is 1. The van der Waals surface area contributed by atoms with Crippen LogP contribution in [-0.4, -0.2) is 55.4 Å². The predicted molar refractivity (Wildman–Crippen MR) is 110 cm³/mol. The van der Waals surface area contributed by atoms with Crippen LogP contribution in [0.1, 0.15) is 21.6 Å². The lowest BCUT2D eigenvalue weighted by Crippen LogP contribution is -2.42. The van der Waals surface area contributed by atoms with E-state index in [2.05, 4.69) is 5.32 Å². The second-order valence-corrected chi connectivity index (χ2v) is 9.11. The summed E-state index contributed by atoms with van der Waals surface area (Å²) in [6.07, 6.45) is 0.814. The Kier molecular flexibility index (Phi) is 5.87. The number of carbonyl (C=O) groups is 1. The van der Waals surface area contributed by atoms with Crippen molar-refractivity contribution in [3.8, 4) is 11.4 Å². The molecule has 2 aliphatic heterocycles. The van der Waals surface area contributed by atoms with Gasteiger partial charge in [-0.2, -0.15) is 0 Å². The van der Waals surface area contributed by atoms with Gasteiger partial charge in [-0.05, 0) is 25.1 Å². The molecular weight excluding hydrogens is 402 g/mol.